The number of hydrogen-bond donors (Lipinski definition) is 3. The smallest absolute Gasteiger partial charge is 0.323 e. The van der Waals surface area contributed by atoms with Crippen molar-refractivity contribution in [2.75, 3.05) is 35.7 Å². The highest BCUT2D eigenvalue weighted by Gasteiger charge is 2.19. The Morgan fingerprint density at radius 3 is 2.46 bits per heavy atom. The molecule has 1 fully saturated rings. The van der Waals surface area contributed by atoms with Gasteiger partial charge in [0.1, 0.15) is 5.75 Å². The van der Waals surface area contributed by atoms with E-state index in [0.717, 1.165) is 54.2 Å². The van der Waals surface area contributed by atoms with Crippen molar-refractivity contribution in [1.82, 2.24) is 5.32 Å². The summed E-state index contributed by atoms with van der Waals surface area (Å²) < 4.78 is 5.25. The summed E-state index contributed by atoms with van der Waals surface area (Å²) in [6.07, 6.45) is 2.22. The Kier molecular flexibility index (Phi) is 7.55. The van der Waals surface area contributed by atoms with Gasteiger partial charge in [0.25, 0.3) is 5.91 Å². The van der Waals surface area contributed by atoms with Crippen LogP contribution < -0.4 is 25.6 Å². The molecular formula is C28H32N4O3. The molecule has 0 unspecified atom stereocenters. The Labute approximate surface area is 206 Å². The summed E-state index contributed by atoms with van der Waals surface area (Å²) in [7, 11) is 1.62. The van der Waals surface area contributed by atoms with E-state index in [1.165, 1.54) is 5.56 Å². The summed E-state index contributed by atoms with van der Waals surface area (Å²) in [6, 6.07) is 18.5. The van der Waals surface area contributed by atoms with E-state index >= 15 is 0 Å². The quantitative estimate of drug-likeness (QED) is 0.425. The zero-order valence-electron chi connectivity index (χ0n) is 20.5. The van der Waals surface area contributed by atoms with Crippen molar-refractivity contribution >= 4 is 29.0 Å². The number of urea groups is 1. The van der Waals surface area contributed by atoms with Gasteiger partial charge in [0, 0.05) is 30.9 Å². The van der Waals surface area contributed by atoms with E-state index in [4.69, 9.17) is 4.74 Å². The number of rotatable bonds is 7. The molecule has 1 aliphatic rings. The van der Waals surface area contributed by atoms with E-state index in [9.17, 15) is 9.59 Å². The van der Waals surface area contributed by atoms with Crippen LogP contribution in [0.2, 0.25) is 0 Å². The Balaban J connectivity index is 1.50. The summed E-state index contributed by atoms with van der Waals surface area (Å²) in [4.78, 5) is 28.0. The third kappa shape index (κ3) is 6.12. The molecule has 3 aromatic rings. The van der Waals surface area contributed by atoms with E-state index in [1.807, 2.05) is 62.4 Å². The van der Waals surface area contributed by atoms with Crippen molar-refractivity contribution in [1.29, 1.82) is 0 Å². The van der Waals surface area contributed by atoms with Gasteiger partial charge in [-0.15, -0.1) is 0 Å². The second kappa shape index (κ2) is 11.0. The molecule has 0 aliphatic carbocycles. The van der Waals surface area contributed by atoms with E-state index in [2.05, 4.69) is 20.9 Å². The minimum Gasteiger partial charge on any atom is -0.497 e. The van der Waals surface area contributed by atoms with Crippen LogP contribution in [0.4, 0.5) is 21.9 Å². The number of amides is 3. The van der Waals surface area contributed by atoms with Crippen molar-refractivity contribution in [3.05, 3.63) is 82.9 Å². The average Bonchev–Trinajstić information content (AvgIpc) is 3.39. The van der Waals surface area contributed by atoms with Crippen LogP contribution in [-0.2, 0) is 6.54 Å². The van der Waals surface area contributed by atoms with Gasteiger partial charge < -0.3 is 25.6 Å². The van der Waals surface area contributed by atoms with E-state index in [0.29, 0.717) is 17.8 Å². The molecule has 0 aromatic heterocycles. The number of aryl methyl sites for hydroxylation is 2. The second-order valence-electron chi connectivity index (χ2n) is 8.84. The van der Waals surface area contributed by atoms with Crippen LogP contribution in [0.3, 0.4) is 0 Å². The SMILES string of the molecule is COc1cccc(CNC(=O)c2ccc(N3CCCC3)c(NC(=O)Nc3ccc(C)c(C)c3)c2)c1. The normalized spacial score (nSPS) is 12.8. The van der Waals surface area contributed by atoms with Gasteiger partial charge in [-0.05, 0) is 85.8 Å². The number of carbonyl (C=O) groups excluding carboxylic acids is 2. The Morgan fingerprint density at radius 1 is 0.914 bits per heavy atom. The Morgan fingerprint density at radius 2 is 1.71 bits per heavy atom. The molecule has 3 N–H and O–H groups in total. The second-order valence-corrected chi connectivity index (χ2v) is 8.84. The van der Waals surface area contributed by atoms with Gasteiger partial charge in [0.15, 0.2) is 0 Å². The predicted molar refractivity (Wildman–Crippen MR) is 141 cm³/mol. The first-order valence-corrected chi connectivity index (χ1v) is 11.9. The number of methoxy groups -OCH3 is 1. The highest BCUT2D eigenvalue weighted by atomic mass is 16.5. The molecule has 7 heteroatoms. The molecule has 1 saturated heterocycles. The van der Waals surface area contributed by atoms with Crippen molar-refractivity contribution in [3.63, 3.8) is 0 Å². The number of ether oxygens (including phenoxy) is 1. The van der Waals surface area contributed by atoms with Crippen molar-refractivity contribution < 1.29 is 14.3 Å². The monoisotopic (exact) mass is 472 g/mol. The highest BCUT2D eigenvalue weighted by Crippen LogP contribution is 2.30. The average molecular weight is 473 g/mol. The number of nitrogens with zero attached hydrogens (tertiary/aromatic N) is 1. The molecule has 1 heterocycles. The maximum absolute atomic E-state index is 12.9. The molecule has 0 spiro atoms. The molecule has 0 radical (unpaired) electrons. The summed E-state index contributed by atoms with van der Waals surface area (Å²) in [6.45, 7) is 6.27. The maximum Gasteiger partial charge on any atom is 0.323 e. The van der Waals surface area contributed by atoms with Crippen molar-refractivity contribution in [2.45, 2.75) is 33.2 Å². The van der Waals surface area contributed by atoms with Crippen LogP contribution in [0.1, 0.15) is 39.9 Å². The zero-order valence-corrected chi connectivity index (χ0v) is 20.5. The summed E-state index contributed by atoms with van der Waals surface area (Å²) in [5.74, 6) is 0.534. The van der Waals surface area contributed by atoms with Gasteiger partial charge in [-0.25, -0.2) is 4.79 Å². The fourth-order valence-corrected chi connectivity index (χ4v) is 4.18. The summed E-state index contributed by atoms with van der Waals surface area (Å²) in [5.41, 5.74) is 5.95. The van der Waals surface area contributed by atoms with E-state index in [-0.39, 0.29) is 11.9 Å². The molecule has 0 bridgehead atoms. The fourth-order valence-electron chi connectivity index (χ4n) is 4.18. The molecule has 182 valence electrons. The van der Waals surface area contributed by atoms with Crippen LogP contribution in [-0.4, -0.2) is 32.1 Å². The van der Waals surface area contributed by atoms with Crippen LogP contribution in [0.5, 0.6) is 5.75 Å². The van der Waals surface area contributed by atoms with Gasteiger partial charge in [-0.3, -0.25) is 4.79 Å². The molecule has 4 rings (SSSR count). The number of carbonyl (C=O) groups is 2. The first kappa shape index (κ1) is 24.1. The van der Waals surface area contributed by atoms with Gasteiger partial charge in [0.2, 0.25) is 0 Å². The molecular weight excluding hydrogens is 440 g/mol. The lowest BCUT2D eigenvalue weighted by molar-refractivity contribution is 0.0951. The largest absolute Gasteiger partial charge is 0.497 e. The third-order valence-corrected chi connectivity index (χ3v) is 6.31. The number of benzene rings is 3. The van der Waals surface area contributed by atoms with E-state index in [1.54, 1.807) is 19.2 Å². The van der Waals surface area contributed by atoms with E-state index < -0.39 is 0 Å². The van der Waals surface area contributed by atoms with Crippen LogP contribution in [0, 0.1) is 13.8 Å². The fraction of sp³-hybridized carbons (Fsp3) is 0.286. The summed E-state index contributed by atoms with van der Waals surface area (Å²) in [5, 5.41) is 8.82. The van der Waals surface area contributed by atoms with Crippen LogP contribution in [0.15, 0.2) is 60.7 Å². The first-order valence-electron chi connectivity index (χ1n) is 11.9. The lowest BCUT2D eigenvalue weighted by atomic mass is 10.1. The lowest BCUT2D eigenvalue weighted by Gasteiger charge is -2.22. The molecule has 0 saturated carbocycles. The summed E-state index contributed by atoms with van der Waals surface area (Å²) >= 11 is 0. The molecule has 0 atom stereocenters. The predicted octanol–water partition coefficient (Wildman–Crippen LogP) is 5.49. The van der Waals surface area contributed by atoms with Crippen molar-refractivity contribution in [3.8, 4) is 5.75 Å². The van der Waals surface area contributed by atoms with Gasteiger partial charge >= 0.3 is 6.03 Å². The standard InChI is InChI=1S/C28H32N4O3/c1-19-9-11-23(15-20(19)2)30-28(34)31-25-17-22(10-12-26(25)32-13-4-5-14-32)27(33)29-18-21-7-6-8-24(16-21)35-3/h6-12,15-17H,4-5,13-14,18H2,1-3H3,(H,29,33)(H2,30,31,34). The highest BCUT2D eigenvalue weighted by molar-refractivity contribution is 6.04. The first-order chi connectivity index (χ1) is 16.9. The molecule has 1 aliphatic heterocycles. The minimum atomic E-state index is -0.345. The van der Waals surface area contributed by atoms with Gasteiger partial charge in [-0.2, -0.15) is 0 Å². The number of nitrogens with one attached hydrogen (secondary N) is 3. The lowest BCUT2D eigenvalue weighted by Crippen LogP contribution is -2.26. The molecule has 7 nitrogen and oxygen atoms in total. The Hall–Kier alpha value is -4.00. The minimum absolute atomic E-state index is 0.210. The third-order valence-electron chi connectivity index (χ3n) is 6.31. The molecule has 3 amide bonds. The topological polar surface area (TPSA) is 82.7 Å². The van der Waals surface area contributed by atoms with Gasteiger partial charge in [0.05, 0.1) is 18.5 Å². The number of hydrogen-bond acceptors (Lipinski definition) is 4. The molecule has 3 aromatic carbocycles. The maximum atomic E-state index is 12.9. The molecule has 35 heavy (non-hydrogen) atoms. The Bertz CT molecular complexity index is 1220. The van der Waals surface area contributed by atoms with Gasteiger partial charge in [-0.1, -0.05) is 18.2 Å². The number of anilines is 3. The van der Waals surface area contributed by atoms with Crippen LogP contribution >= 0.6 is 0 Å². The van der Waals surface area contributed by atoms with Crippen LogP contribution in [0.25, 0.3) is 0 Å². The van der Waals surface area contributed by atoms with Crippen molar-refractivity contribution in [2.24, 2.45) is 0 Å². The zero-order chi connectivity index (χ0) is 24.8.